The third-order valence-electron chi connectivity index (χ3n) is 12.8. The van der Waals surface area contributed by atoms with E-state index >= 15 is 0 Å². The number of allylic oxidation sites excluding steroid dienone is 4. The Kier molecular flexibility index (Phi) is 15.0. The minimum Gasteiger partial charge on any atom is -0.301 e. The predicted octanol–water partition coefficient (Wildman–Crippen LogP) is 16.6. The number of hydrogen-bond donors (Lipinski definition) is 0. The molecule has 0 N–H and O–H groups in total. The number of nitrogens with zero attached hydrogens (tertiary/aromatic N) is 4. The van der Waals surface area contributed by atoms with Crippen LogP contribution in [0.2, 0.25) is 0 Å². The molecule has 0 aliphatic carbocycles. The number of anilines is 2. The first kappa shape index (κ1) is 47.1. The molecular formula is C59H77N4+. The van der Waals surface area contributed by atoms with Gasteiger partial charge in [-0.3, -0.25) is 0 Å². The maximum Gasteiger partial charge on any atom is 0.291 e. The van der Waals surface area contributed by atoms with Crippen LogP contribution in [-0.4, -0.2) is 4.57 Å². The minimum atomic E-state index is 0.368. The van der Waals surface area contributed by atoms with Gasteiger partial charge in [-0.15, -0.1) is 0 Å². The van der Waals surface area contributed by atoms with E-state index in [1.54, 1.807) is 0 Å². The average Bonchev–Trinajstić information content (AvgIpc) is 3.85. The van der Waals surface area contributed by atoms with Crippen LogP contribution in [0.5, 0.6) is 0 Å². The SMILES string of the molecule is CC(C)c1cccc(C(C)C)c1N1C=CN(c2c(C(C)C)cccc2C(C)C)C1=C/C=C/C=C/c1n(-c2c(C(C)C)cccc2C(C)C)cc[n+]1-c1c(C(C)C)cccc1C(C)C. The molecule has 0 saturated carbocycles. The van der Waals surface area contributed by atoms with Crippen molar-refractivity contribution in [1.29, 1.82) is 0 Å². The highest BCUT2D eigenvalue weighted by atomic mass is 15.4. The summed E-state index contributed by atoms with van der Waals surface area (Å²) >= 11 is 0. The monoisotopic (exact) mass is 842 g/mol. The summed E-state index contributed by atoms with van der Waals surface area (Å²) in [7, 11) is 0. The van der Waals surface area contributed by atoms with Gasteiger partial charge in [0, 0.05) is 40.7 Å². The van der Waals surface area contributed by atoms with Crippen molar-refractivity contribution in [3.05, 3.63) is 178 Å². The molecule has 2 heterocycles. The number of rotatable bonds is 15. The van der Waals surface area contributed by atoms with Crippen LogP contribution >= 0.6 is 0 Å². The van der Waals surface area contributed by atoms with Gasteiger partial charge in [0.15, 0.2) is 0 Å². The van der Waals surface area contributed by atoms with Crippen LogP contribution in [0.25, 0.3) is 17.5 Å². The van der Waals surface area contributed by atoms with Crippen LogP contribution in [0, 0.1) is 0 Å². The second kappa shape index (κ2) is 20.0. The van der Waals surface area contributed by atoms with Gasteiger partial charge >= 0.3 is 0 Å². The molecule has 0 amide bonds. The summed E-state index contributed by atoms with van der Waals surface area (Å²) in [5.74, 6) is 5.20. The van der Waals surface area contributed by atoms with Crippen molar-refractivity contribution in [1.82, 2.24) is 4.57 Å². The number of hydrogen-bond acceptors (Lipinski definition) is 2. The number of benzene rings is 4. The van der Waals surface area contributed by atoms with Crippen LogP contribution in [0.4, 0.5) is 11.4 Å². The predicted molar refractivity (Wildman–Crippen MR) is 273 cm³/mol. The van der Waals surface area contributed by atoms with Crippen LogP contribution in [0.3, 0.4) is 0 Å². The van der Waals surface area contributed by atoms with Gasteiger partial charge in [-0.2, -0.15) is 9.13 Å². The molecule has 4 aromatic carbocycles. The van der Waals surface area contributed by atoms with Crippen molar-refractivity contribution in [3.8, 4) is 11.4 Å². The summed E-state index contributed by atoms with van der Waals surface area (Å²) in [6, 6.07) is 27.5. The van der Waals surface area contributed by atoms with Gasteiger partial charge in [0.1, 0.15) is 29.6 Å². The van der Waals surface area contributed by atoms with Gasteiger partial charge < -0.3 is 9.80 Å². The van der Waals surface area contributed by atoms with Crippen molar-refractivity contribution in [2.75, 3.05) is 9.80 Å². The van der Waals surface area contributed by atoms with Crippen molar-refractivity contribution in [2.24, 2.45) is 0 Å². The van der Waals surface area contributed by atoms with Crippen molar-refractivity contribution in [3.63, 3.8) is 0 Å². The van der Waals surface area contributed by atoms with E-state index in [1.807, 2.05) is 0 Å². The van der Waals surface area contributed by atoms with Crippen LogP contribution in [0.1, 0.15) is 208 Å². The molecule has 6 rings (SSSR count). The molecule has 4 heteroatoms. The Balaban J connectivity index is 1.58. The summed E-state index contributed by atoms with van der Waals surface area (Å²) in [5, 5.41) is 0. The molecule has 1 aromatic heterocycles. The Bertz CT molecular complexity index is 2230. The van der Waals surface area contributed by atoms with Crippen LogP contribution in [0.15, 0.2) is 128 Å². The zero-order chi connectivity index (χ0) is 45.9. The van der Waals surface area contributed by atoms with Crippen molar-refractivity contribution in [2.45, 2.75) is 158 Å². The van der Waals surface area contributed by atoms with Gasteiger partial charge in [0.25, 0.3) is 5.82 Å². The fourth-order valence-corrected chi connectivity index (χ4v) is 9.39. The fourth-order valence-electron chi connectivity index (χ4n) is 9.39. The Morgan fingerprint density at radius 1 is 0.397 bits per heavy atom. The summed E-state index contributed by atoms with van der Waals surface area (Å²) in [6.45, 7) is 37.0. The first-order valence-corrected chi connectivity index (χ1v) is 23.9. The van der Waals surface area contributed by atoms with Crippen LogP contribution in [-0.2, 0) is 0 Å². The quantitative estimate of drug-likeness (QED) is 0.0771. The molecular weight excluding hydrogens is 765 g/mol. The Morgan fingerprint density at radius 2 is 0.730 bits per heavy atom. The number of aromatic nitrogens is 2. The largest absolute Gasteiger partial charge is 0.301 e. The topological polar surface area (TPSA) is 15.3 Å². The van der Waals surface area contributed by atoms with Gasteiger partial charge in [0.2, 0.25) is 0 Å². The average molecular weight is 842 g/mol. The minimum absolute atomic E-state index is 0.368. The highest BCUT2D eigenvalue weighted by Gasteiger charge is 2.32. The molecule has 1 aliphatic rings. The summed E-state index contributed by atoms with van der Waals surface area (Å²) in [5.41, 5.74) is 16.0. The van der Waals surface area contributed by atoms with E-state index in [1.165, 1.54) is 67.3 Å². The lowest BCUT2D eigenvalue weighted by molar-refractivity contribution is -0.598. The standard InChI is InChI=1S/C59H77N4/c1-38(2)46-24-20-25-47(39(3)4)56(46)60-34-35-61(57-48(40(5)6)26-21-27-49(57)41(7)8)54(60)32-18-17-19-33-55-62(58-50(42(9)10)28-22-29-51(58)43(11)12)36-37-63(55)59-52(44(13)14)30-23-31-53(59)45(15)16/h17-45H,1-16H3/q+1. The molecule has 0 saturated heterocycles. The van der Waals surface area contributed by atoms with E-state index in [2.05, 4.69) is 258 Å². The second-order valence-electron chi connectivity index (χ2n) is 20.1. The third kappa shape index (κ3) is 9.62. The molecule has 1 aliphatic heterocycles. The second-order valence-corrected chi connectivity index (χ2v) is 20.1. The lowest BCUT2D eigenvalue weighted by Gasteiger charge is -2.33. The van der Waals surface area contributed by atoms with Gasteiger partial charge in [0.05, 0.1) is 11.4 Å². The zero-order valence-electron chi connectivity index (χ0n) is 41.5. The summed E-state index contributed by atoms with van der Waals surface area (Å²) in [6.07, 6.45) is 20.5. The number of imidazole rings is 1. The lowest BCUT2D eigenvalue weighted by Crippen LogP contribution is -2.36. The zero-order valence-corrected chi connectivity index (χ0v) is 41.5. The molecule has 63 heavy (non-hydrogen) atoms. The highest BCUT2D eigenvalue weighted by molar-refractivity contribution is 5.77. The molecule has 0 atom stereocenters. The van der Waals surface area contributed by atoms with Gasteiger partial charge in [-0.1, -0.05) is 202 Å². The van der Waals surface area contributed by atoms with E-state index in [0.29, 0.717) is 47.3 Å². The van der Waals surface area contributed by atoms with E-state index in [4.69, 9.17) is 0 Å². The first-order valence-electron chi connectivity index (χ1n) is 23.9. The van der Waals surface area contributed by atoms with E-state index < -0.39 is 0 Å². The maximum atomic E-state index is 2.45. The van der Waals surface area contributed by atoms with E-state index in [-0.39, 0.29) is 0 Å². The lowest BCUT2D eigenvalue weighted by atomic mass is 9.91. The third-order valence-corrected chi connectivity index (χ3v) is 12.8. The summed E-state index contributed by atoms with van der Waals surface area (Å²) < 4.78 is 4.90. The smallest absolute Gasteiger partial charge is 0.291 e. The normalized spacial score (nSPS) is 13.6. The Hall–Kier alpha value is -5.35. The molecule has 0 spiro atoms. The molecule has 0 fully saturated rings. The molecule has 5 aromatic rings. The van der Waals surface area contributed by atoms with E-state index in [0.717, 1.165) is 11.6 Å². The summed E-state index contributed by atoms with van der Waals surface area (Å²) in [4.78, 5) is 4.90. The molecule has 0 unspecified atom stereocenters. The van der Waals surface area contributed by atoms with Crippen molar-refractivity contribution >= 4 is 17.5 Å². The van der Waals surface area contributed by atoms with E-state index in [9.17, 15) is 0 Å². The molecule has 332 valence electrons. The molecule has 4 nitrogen and oxygen atoms in total. The first-order chi connectivity index (χ1) is 30.0. The molecule has 0 bridgehead atoms. The highest BCUT2D eigenvalue weighted by Crippen LogP contribution is 2.45. The fraction of sp³-hybridized carbons (Fsp3) is 0.407. The van der Waals surface area contributed by atoms with Gasteiger partial charge in [-0.25, -0.2) is 0 Å². The Labute approximate surface area is 382 Å². The van der Waals surface area contributed by atoms with Crippen LogP contribution < -0.4 is 14.4 Å². The Morgan fingerprint density at radius 3 is 1.08 bits per heavy atom. The molecule has 0 radical (unpaired) electrons. The van der Waals surface area contributed by atoms with Crippen molar-refractivity contribution < 1.29 is 4.57 Å². The van der Waals surface area contributed by atoms with Gasteiger partial charge in [-0.05, 0) is 75.7 Å². The maximum absolute atomic E-state index is 2.45. The number of para-hydroxylation sites is 4.